The van der Waals surface area contributed by atoms with E-state index in [-0.39, 0.29) is 11.4 Å². The third-order valence-electron chi connectivity index (χ3n) is 3.71. The minimum Gasteiger partial charge on any atom is -0.288 e. The zero-order valence-corrected chi connectivity index (χ0v) is 14.9. The van der Waals surface area contributed by atoms with Gasteiger partial charge in [-0.05, 0) is 42.1 Å². The molecule has 0 aliphatic rings. The molecule has 0 fully saturated rings. The summed E-state index contributed by atoms with van der Waals surface area (Å²) in [5, 5.41) is 9.55. The van der Waals surface area contributed by atoms with E-state index in [0.29, 0.717) is 4.88 Å². The molecule has 2 aromatic carbocycles. The normalized spacial score (nSPS) is 11.6. The molecule has 1 aromatic heterocycles. The van der Waals surface area contributed by atoms with Crippen LogP contribution in [0, 0.1) is 6.92 Å². The molecule has 0 aliphatic carbocycles. The number of hydrogen-bond acceptors (Lipinski definition) is 5. The van der Waals surface area contributed by atoms with Crippen LogP contribution in [0.1, 0.15) is 20.8 Å². The van der Waals surface area contributed by atoms with Gasteiger partial charge in [0.25, 0.3) is 5.91 Å². The third kappa shape index (κ3) is 3.88. The van der Waals surface area contributed by atoms with Crippen LogP contribution in [0.25, 0.3) is 10.1 Å². The number of benzene rings is 2. The molecule has 8 heteroatoms. The van der Waals surface area contributed by atoms with E-state index in [1.165, 1.54) is 11.3 Å². The number of hydrogen-bond donors (Lipinski definition) is 3. The summed E-state index contributed by atoms with van der Waals surface area (Å²) < 4.78 is 28.1. The quantitative estimate of drug-likeness (QED) is 0.471. The Morgan fingerprint density at radius 1 is 1.12 bits per heavy atom. The van der Waals surface area contributed by atoms with Gasteiger partial charge in [0, 0.05) is 11.2 Å². The highest BCUT2D eigenvalue weighted by Crippen LogP contribution is 2.26. The van der Waals surface area contributed by atoms with Crippen molar-refractivity contribution in [2.75, 3.05) is 0 Å². The molecule has 0 unspecified atom stereocenters. The number of sulfonamides is 1. The van der Waals surface area contributed by atoms with E-state index >= 15 is 0 Å². The molecule has 3 rings (SSSR count). The summed E-state index contributed by atoms with van der Waals surface area (Å²) in [6, 6.07) is 13.8. The zero-order valence-electron chi connectivity index (χ0n) is 13.3. The molecule has 0 saturated carbocycles. The number of rotatable bonds is 5. The summed E-state index contributed by atoms with van der Waals surface area (Å²) in [5.74, 6) is -0.567. The SMILES string of the molecule is Cc1ccc(S(=O)(=O)NCc2ccc3cc(C(=O)NO)sc3c2)cc1. The van der Waals surface area contributed by atoms with Gasteiger partial charge in [0.05, 0.1) is 9.77 Å². The van der Waals surface area contributed by atoms with Crippen LogP contribution in [0.4, 0.5) is 0 Å². The van der Waals surface area contributed by atoms with Crippen molar-refractivity contribution in [3.63, 3.8) is 0 Å². The minimum absolute atomic E-state index is 0.144. The van der Waals surface area contributed by atoms with E-state index in [4.69, 9.17) is 5.21 Å². The number of fused-ring (bicyclic) bond motifs is 1. The first-order valence-electron chi connectivity index (χ1n) is 7.42. The van der Waals surface area contributed by atoms with Crippen LogP contribution < -0.4 is 10.2 Å². The molecule has 0 atom stereocenters. The van der Waals surface area contributed by atoms with Crippen molar-refractivity contribution in [1.29, 1.82) is 0 Å². The lowest BCUT2D eigenvalue weighted by molar-refractivity contribution is 0.0711. The number of thiophene rings is 1. The van der Waals surface area contributed by atoms with Crippen molar-refractivity contribution in [2.45, 2.75) is 18.4 Å². The van der Waals surface area contributed by atoms with Gasteiger partial charge in [-0.15, -0.1) is 11.3 Å². The van der Waals surface area contributed by atoms with Gasteiger partial charge in [-0.3, -0.25) is 10.0 Å². The summed E-state index contributed by atoms with van der Waals surface area (Å²) >= 11 is 1.23. The summed E-state index contributed by atoms with van der Waals surface area (Å²) in [7, 11) is -3.58. The molecule has 6 nitrogen and oxygen atoms in total. The Hall–Kier alpha value is -2.26. The lowest BCUT2D eigenvalue weighted by Crippen LogP contribution is -2.23. The molecular weight excluding hydrogens is 360 g/mol. The van der Waals surface area contributed by atoms with Crippen LogP contribution in [-0.4, -0.2) is 19.5 Å². The molecular formula is C17H16N2O4S2. The lowest BCUT2D eigenvalue weighted by atomic mass is 10.2. The second-order valence-corrected chi connectivity index (χ2v) is 8.41. The monoisotopic (exact) mass is 376 g/mol. The van der Waals surface area contributed by atoms with E-state index in [1.807, 2.05) is 19.1 Å². The first kappa shape index (κ1) is 17.6. The second-order valence-electron chi connectivity index (χ2n) is 5.56. The van der Waals surface area contributed by atoms with Crippen LogP contribution in [0.5, 0.6) is 0 Å². The molecule has 130 valence electrons. The molecule has 0 bridgehead atoms. The van der Waals surface area contributed by atoms with Gasteiger partial charge in [0.1, 0.15) is 0 Å². The third-order valence-corrected chi connectivity index (χ3v) is 6.22. The Kier molecular flexibility index (Phi) is 4.87. The van der Waals surface area contributed by atoms with E-state index in [2.05, 4.69) is 4.72 Å². The van der Waals surface area contributed by atoms with Crippen molar-refractivity contribution >= 4 is 37.4 Å². The van der Waals surface area contributed by atoms with Crippen LogP contribution >= 0.6 is 11.3 Å². The van der Waals surface area contributed by atoms with Gasteiger partial charge in [0.2, 0.25) is 10.0 Å². The Bertz CT molecular complexity index is 1020. The number of amides is 1. The van der Waals surface area contributed by atoms with Gasteiger partial charge in [0.15, 0.2) is 0 Å². The fraction of sp³-hybridized carbons (Fsp3) is 0.118. The van der Waals surface area contributed by atoms with Crippen LogP contribution in [0.15, 0.2) is 53.4 Å². The second kappa shape index (κ2) is 6.93. The molecule has 0 radical (unpaired) electrons. The summed E-state index contributed by atoms with van der Waals surface area (Å²) in [4.78, 5) is 12.1. The smallest absolute Gasteiger partial charge is 0.284 e. The van der Waals surface area contributed by atoms with Crippen molar-refractivity contribution in [3.05, 3.63) is 64.5 Å². The van der Waals surface area contributed by atoms with E-state index in [9.17, 15) is 13.2 Å². The van der Waals surface area contributed by atoms with E-state index < -0.39 is 15.9 Å². The minimum atomic E-state index is -3.58. The molecule has 0 saturated heterocycles. The number of hydroxylamine groups is 1. The first-order valence-corrected chi connectivity index (χ1v) is 9.72. The molecule has 3 aromatic rings. The van der Waals surface area contributed by atoms with Crippen molar-refractivity contribution in [3.8, 4) is 0 Å². The highest BCUT2D eigenvalue weighted by Gasteiger charge is 2.14. The fourth-order valence-electron chi connectivity index (χ4n) is 2.33. The van der Waals surface area contributed by atoms with Crippen molar-refractivity contribution in [2.24, 2.45) is 0 Å². The maximum atomic E-state index is 12.3. The number of nitrogens with one attached hydrogen (secondary N) is 2. The maximum absolute atomic E-state index is 12.3. The van der Waals surface area contributed by atoms with Gasteiger partial charge >= 0.3 is 0 Å². The highest BCUT2D eigenvalue weighted by molar-refractivity contribution is 7.89. The van der Waals surface area contributed by atoms with Crippen LogP contribution in [0.3, 0.4) is 0 Å². The molecule has 0 spiro atoms. The largest absolute Gasteiger partial charge is 0.288 e. The molecule has 3 N–H and O–H groups in total. The Balaban J connectivity index is 1.78. The lowest BCUT2D eigenvalue weighted by Gasteiger charge is -2.07. The van der Waals surface area contributed by atoms with Gasteiger partial charge < -0.3 is 0 Å². The van der Waals surface area contributed by atoms with Crippen molar-refractivity contribution in [1.82, 2.24) is 10.2 Å². The zero-order chi connectivity index (χ0) is 18.0. The van der Waals surface area contributed by atoms with E-state index in [1.54, 1.807) is 41.9 Å². The Morgan fingerprint density at radius 3 is 2.52 bits per heavy atom. The number of aryl methyl sites for hydroxylation is 1. The molecule has 1 heterocycles. The predicted octanol–water partition coefficient (Wildman–Crippen LogP) is 2.81. The molecule has 25 heavy (non-hydrogen) atoms. The summed E-state index contributed by atoms with van der Waals surface area (Å²) in [6.07, 6.45) is 0. The number of carbonyl (C=O) groups excluding carboxylic acids is 1. The summed E-state index contributed by atoms with van der Waals surface area (Å²) in [5.41, 5.74) is 3.37. The standard InChI is InChI=1S/C17H16N2O4S2/c1-11-2-6-14(7-3-11)25(22,23)18-10-12-4-5-13-9-16(17(20)19-21)24-15(13)8-12/h2-9,18,21H,10H2,1H3,(H,19,20). The predicted molar refractivity (Wildman–Crippen MR) is 96.3 cm³/mol. The Morgan fingerprint density at radius 2 is 1.84 bits per heavy atom. The average Bonchev–Trinajstić information content (AvgIpc) is 3.03. The maximum Gasteiger partial charge on any atom is 0.284 e. The Labute approximate surface area is 149 Å². The van der Waals surface area contributed by atoms with Crippen LogP contribution in [-0.2, 0) is 16.6 Å². The summed E-state index contributed by atoms with van der Waals surface area (Å²) in [6.45, 7) is 2.04. The average molecular weight is 376 g/mol. The molecule has 0 aliphatic heterocycles. The highest BCUT2D eigenvalue weighted by atomic mass is 32.2. The van der Waals surface area contributed by atoms with Crippen LogP contribution in [0.2, 0.25) is 0 Å². The van der Waals surface area contributed by atoms with Gasteiger partial charge in [-0.25, -0.2) is 18.6 Å². The topological polar surface area (TPSA) is 95.5 Å². The van der Waals surface area contributed by atoms with E-state index in [0.717, 1.165) is 21.2 Å². The first-order chi connectivity index (χ1) is 11.9. The molecule has 1 amide bonds. The number of carbonyl (C=O) groups is 1. The van der Waals surface area contributed by atoms with Crippen molar-refractivity contribution < 1.29 is 18.4 Å². The van der Waals surface area contributed by atoms with Gasteiger partial charge in [-0.2, -0.15) is 0 Å². The van der Waals surface area contributed by atoms with Gasteiger partial charge in [-0.1, -0.05) is 29.8 Å². The fourth-order valence-corrected chi connectivity index (χ4v) is 4.37.